The van der Waals surface area contributed by atoms with Crippen LogP contribution in [0.3, 0.4) is 0 Å². The average Bonchev–Trinajstić information content (AvgIpc) is 2.92. The van der Waals surface area contributed by atoms with Crippen LogP contribution in [0.2, 0.25) is 0 Å². The van der Waals surface area contributed by atoms with Crippen molar-refractivity contribution in [3.63, 3.8) is 0 Å². The van der Waals surface area contributed by atoms with Crippen LogP contribution in [0.1, 0.15) is 25.5 Å². The minimum Gasteiger partial charge on any atom is -0.467 e. The number of nitrogens with zero attached hydrogens (tertiary/aromatic N) is 1. The van der Waals surface area contributed by atoms with Gasteiger partial charge in [0, 0.05) is 6.54 Å². The van der Waals surface area contributed by atoms with Crippen molar-refractivity contribution < 1.29 is 19.4 Å². The van der Waals surface area contributed by atoms with Crippen molar-refractivity contribution in [3.8, 4) is 0 Å². The van der Waals surface area contributed by atoms with Crippen molar-refractivity contribution in [1.82, 2.24) is 4.90 Å². The Bertz CT molecular complexity index is 358. The van der Waals surface area contributed by atoms with Crippen LogP contribution in [-0.4, -0.2) is 53.6 Å². The van der Waals surface area contributed by atoms with Crippen molar-refractivity contribution >= 4 is 0 Å². The van der Waals surface area contributed by atoms with Crippen LogP contribution < -0.4 is 0 Å². The Labute approximate surface area is 120 Å². The molecule has 2 unspecified atom stereocenters. The summed E-state index contributed by atoms with van der Waals surface area (Å²) in [5.74, 6) is 1.17. The average molecular weight is 283 g/mol. The van der Waals surface area contributed by atoms with Gasteiger partial charge >= 0.3 is 0 Å². The molecule has 1 aliphatic heterocycles. The molecule has 2 heterocycles. The van der Waals surface area contributed by atoms with Crippen molar-refractivity contribution in [3.05, 3.63) is 24.2 Å². The van der Waals surface area contributed by atoms with Crippen molar-refractivity contribution in [2.75, 3.05) is 26.2 Å². The fourth-order valence-corrected chi connectivity index (χ4v) is 2.66. The van der Waals surface area contributed by atoms with Crippen LogP contribution in [0.15, 0.2) is 22.8 Å². The quantitative estimate of drug-likeness (QED) is 0.788. The Balaban J connectivity index is 1.59. The predicted molar refractivity (Wildman–Crippen MR) is 75.2 cm³/mol. The highest BCUT2D eigenvalue weighted by Gasteiger charge is 2.23. The maximum absolute atomic E-state index is 9.96. The first-order valence-corrected chi connectivity index (χ1v) is 7.33. The summed E-state index contributed by atoms with van der Waals surface area (Å²) in [7, 11) is 0. The summed E-state index contributed by atoms with van der Waals surface area (Å²) in [6.07, 6.45) is 2.91. The minimum atomic E-state index is -0.479. The van der Waals surface area contributed by atoms with E-state index in [9.17, 15) is 10.2 Å². The van der Waals surface area contributed by atoms with E-state index in [1.54, 1.807) is 6.26 Å². The van der Waals surface area contributed by atoms with Gasteiger partial charge in [0.2, 0.25) is 0 Å². The molecule has 2 rings (SSSR count). The van der Waals surface area contributed by atoms with Crippen LogP contribution in [-0.2, 0) is 11.3 Å². The van der Waals surface area contributed by atoms with Crippen molar-refractivity contribution in [2.24, 2.45) is 5.92 Å². The molecular weight excluding hydrogens is 258 g/mol. The minimum absolute atomic E-state index is 0.223. The van der Waals surface area contributed by atoms with Gasteiger partial charge in [0.25, 0.3) is 0 Å². The third-order valence-corrected chi connectivity index (χ3v) is 3.92. The SMILES string of the molecule is CC(O)C1CCN(CC(O)COCc2ccco2)CC1. The summed E-state index contributed by atoms with van der Waals surface area (Å²) < 4.78 is 10.6. The van der Waals surface area contributed by atoms with E-state index in [1.807, 2.05) is 19.1 Å². The topological polar surface area (TPSA) is 66.1 Å². The molecule has 1 aromatic rings. The zero-order chi connectivity index (χ0) is 14.4. The Morgan fingerprint density at radius 2 is 2.15 bits per heavy atom. The number of ether oxygens (including phenoxy) is 1. The van der Waals surface area contributed by atoms with Gasteiger partial charge in [-0.3, -0.25) is 0 Å². The van der Waals surface area contributed by atoms with Crippen molar-refractivity contribution in [2.45, 2.75) is 38.6 Å². The highest BCUT2D eigenvalue weighted by Crippen LogP contribution is 2.20. The first kappa shape index (κ1) is 15.5. The molecule has 0 aliphatic carbocycles. The molecule has 0 aromatic carbocycles. The summed E-state index contributed by atoms with van der Waals surface area (Å²) in [6.45, 7) is 5.07. The number of hydrogen-bond acceptors (Lipinski definition) is 5. The number of piperidine rings is 1. The molecule has 1 fully saturated rings. The Morgan fingerprint density at radius 3 is 2.75 bits per heavy atom. The summed E-state index contributed by atoms with van der Waals surface area (Å²) >= 11 is 0. The van der Waals surface area contributed by atoms with E-state index in [4.69, 9.17) is 9.15 Å². The first-order valence-electron chi connectivity index (χ1n) is 7.33. The molecular formula is C15H25NO4. The van der Waals surface area contributed by atoms with E-state index in [1.165, 1.54) is 0 Å². The molecule has 0 saturated carbocycles. The Kier molecular flexibility index (Phi) is 6.04. The van der Waals surface area contributed by atoms with Crippen LogP contribution >= 0.6 is 0 Å². The van der Waals surface area contributed by atoms with Gasteiger partial charge in [0.05, 0.1) is 25.1 Å². The molecule has 1 aromatic heterocycles. The Hall–Kier alpha value is -0.880. The van der Waals surface area contributed by atoms with E-state index in [0.717, 1.165) is 31.7 Å². The lowest BCUT2D eigenvalue weighted by molar-refractivity contribution is -0.00527. The third kappa shape index (κ3) is 4.90. The van der Waals surface area contributed by atoms with Gasteiger partial charge in [0.15, 0.2) is 0 Å². The van der Waals surface area contributed by atoms with Gasteiger partial charge in [-0.1, -0.05) is 0 Å². The maximum Gasteiger partial charge on any atom is 0.129 e. The smallest absolute Gasteiger partial charge is 0.129 e. The Morgan fingerprint density at radius 1 is 1.40 bits per heavy atom. The van der Waals surface area contributed by atoms with Gasteiger partial charge in [-0.05, 0) is 50.9 Å². The molecule has 0 amide bonds. The van der Waals surface area contributed by atoms with Gasteiger partial charge < -0.3 is 24.3 Å². The van der Waals surface area contributed by atoms with Crippen LogP contribution in [0, 0.1) is 5.92 Å². The number of likely N-dealkylation sites (tertiary alicyclic amines) is 1. The third-order valence-electron chi connectivity index (χ3n) is 3.92. The molecule has 0 spiro atoms. The van der Waals surface area contributed by atoms with Crippen molar-refractivity contribution in [1.29, 1.82) is 0 Å². The zero-order valence-electron chi connectivity index (χ0n) is 12.1. The summed E-state index contributed by atoms with van der Waals surface area (Å²) in [6, 6.07) is 3.68. The molecule has 5 nitrogen and oxygen atoms in total. The molecule has 5 heteroatoms. The van der Waals surface area contributed by atoms with Gasteiger partial charge in [-0.15, -0.1) is 0 Å². The fourth-order valence-electron chi connectivity index (χ4n) is 2.66. The summed E-state index contributed by atoms with van der Waals surface area (Å²) in [4.78, 5) is 2.24. The molecule has 114 valence electrons. The molecule has 2 N–H and O–H groups in total. The van der Waals surface area contributed by atoms with E-state index < -0.39 is 6.10 Å². The predicted octanol–water partition coefficient (Wildman–Crippen LogP) is 1.25. The number of aliphatic hydroxyl groups excluding tert-OH is 2. The number of aliphatic hydroxyl groups is 2. The first-order chi connectivity index (χ1) is 9.65. The number of rotatable bonds is 7. The second-order valence-electron chi connectivity index (χ2n) is 5.63. The number of β-amino-alcohol motifs (C(OH)–C–C–N with tert-alkyl or cyclic N) is 1. The van der Waals surface area contributed by atoms with Crippen LogP contribution in [0.25, 0.3) is 0 Å². The summed E-state index contributed by atoms with van der Waals surface area (Å²) in [5.41, 5.74) is 0. The second-order valence-corrected chi connectivity index (χ2v) is 5.63. The van der Waals surface area contributed by atoms with Gasteiger partial charge in [-0.25, -0.2) is 0 Å². The lowest BCUT2D eigenvalue weighted by Crippen LogP contribution is -2.42. The lowest BCUT2D eigenvalue weighted by atomic mass is 9.92. The number of hydrogen-bond donors (Lipinski definition) is 2. The molecule has 2 atom stereocenters. The van der Waals surface area contributed by atoms with E-state index in [2.05, 4.69) is 4.90 Å². The van der Waals surface area contributed by atoms with E-state index in [0.29, 0.717) is 25.7 Å². The van der Waals surface area contributed by atoms with E-state index in [-0.39, 0.29) is 6.10 Å². The normalized spacial score (nSPS) is 20.9. The van der Waals surface area contributed by atoms with Crippen LogP contribution in [0.5, 0.6) is 0 Å². The maximum atomic E-state index is 9.96. The highest BCUT2D eigenvalue weighted by molar-refractivity contribution is 4.96. The molecule has 1 saturated heterocycles. The molecule has 20 heavy (non-hydrogen) atoms. The summed E-state index contributed by atoms with van der Waals surface area (Å²) in [5, 5.41) is 19.5. The fraction of sp³-hybridized carbons (Fsp3) is 0.733. The van der Waals surface area contributed by atoms with Gasteiger partial charge in [-0.2, -0.15) is 0 Å². The second kappa shape index (κ2) is 7.78. The standard InChI is InChI=1S/C15H25NO4/c1-12(17)13-4-6-16(7-5-13)9-14(18)10-19-11-15-3-2-8-20-15/h2-3,8,12-14,17-18H,4-7,9-11H2,1H3. The monoisotopic (exact) mass is 283 g/mol. The zero-order valence-corrected chi connectivity index (χ0v) is 12.1. The van der Waals surface area contributed by atoms with Gasteiger partial charge in [0.1, 0.15) is 12.4 Å². The lowest BCUT2D eigenvalue weighted by Gasteiger charge is -2.34. The molecule has 1 aliphatic rings. The molecule has 0 bridgehead atoms. The highest BCUT2D eigenvalue weighted by atomic mass is 16.5. The number of furan rings is 1. The largest absolute Gasteiger partial charge is 0.467 e. The molecule has 0 radical (unpaired) electrons. The van der Waals surface area contributed by atoms with Crippen LogP contribution in [0.4, 0.5) is 0 Å². The van der Waals surface area contributed by atoms with E-state index >= 15 is 0 Å².